The van der Waals surface area contributed by atoms with Crippen molar-refractivity contribution in [2.24, 2.45) is 11.8 Å². The highest BCUT2D eigenvalue weighted by atomic mass is 79.9. The lowest BCUT2D eigenvalue weighted by molar-refractivity contribution is -0.137. The van der Waals surface area contributed by atoms with E-state index in [0.717, 1.165) is 74.7 Å². The minimum Gasteiger partial charge on any atom is -0.504 e. The van der Waals surface area contributed by atoms with E-state index in [1.165, 1.54) is 7.11 Å². The van der Waals surface area contributed by atoms with E-state index in [1.807, 2.05) is 11.0 Å². The lowest BCUT2D eigenvalue weighted by atomic mass is 9.67. The second-order valence-corrected chi connectivity index (χ2v) is 10.6. The van der Waals surface area contributed by atoms with E-state index in [9.17, 15) is 9.59 Å². The number of ether oxygens (including phenoxy) is 2. The van der Waals surface area contributed by atoms with E-state index in [2.05, 4.69) is 46.0 Å². The first-order chi connectivity index (χ1) is 16.5. The normalized spacial score (nSPS) is 28.8. The zero-order chi connectivity index (χ0) is 24.3. The standard InChI is InChI=1S/C27H37BrN2O4/c1-4-19-17-29-15-12-27(24(29)16-20(19)21(18-33-2)25(31)34-3)22-10-6-7-11-23(22)30(26(27)32)14-9-5-8-13-28/h6-7,10-11,18-20,24H,4-5,8-9,12-17H2,1-3H3/b21-18+/t19-,20-,24?,27+/m0/s1. The summed E-state index contributed by atoms with van der Waals surface area (Å²) in [5.41, 5.74) is 2.28. The number of anilines is 1. The Kier molecular flexibility index (Phi) is 8.03. The lowest BCUT2D eigenvalue weighted by Crippen LogP contribution is -2.55. The van der Waals surface area contributed by atoms with Crippen molar-refractivity contribution in [1.29, 1.82) is 0 Å². The minimum atomic E-state index is -0.544. The highest BCUT2D eigenvalue weighted by Crippen LogP contribution is 2.55. The van der Waals surface area contributed by atoms with Gasteiger partial charge in [-0.1, -0.05) is 53.9 Å². The van der Waals surface area contributed by atoms with E-state index < -0.39 is 5.41 Å². The Hall–Kier alpha value is -1.86. The molecule has 0 radical (unpaired) electrons. The number of rotatable bonds is 9. The predicted molar refractivity (Wildman–Crippen MR) is 137 cm³/mol. The molecule has 2 saturated heterocycles. The third-order valence-electron chi connectivity index (χ3n) is 8.23. The number of carbonyl (C=O) groups excluding carboxylic acids is 2. The van der Waals surface area contributed by atoms with Crippen molar-refractivity contribution < 1.29 is 19.1 Å². The SMILES string of the molecule is CC[C@H]1CN2CC[C@]3(C(=O)N(CCCCCBr)c4ccccc43)C2C[C@@H]1/C(=C\OC)C(=O)OC. The van der Waals surface area contributed by atoms with Crippen LogP contribution in [0.1, 0.15) is 51.0 Å². The number of carbonyl (C=O) groups is 2. The van der Waals surface area contributed by atoms with Crippen molar-refractivity contribution in [1.82, 2.24) is 4.90 Å². The first-order valence-corrected chi connectivity index (χ1v) is 13.7. The van der Waals surface area contributed by atoms with E-state index in [-0.39, 0.29) is 23.8 Å². The molecule has 3 aliphatic rings. The third kappa shape index (κ3) is 4.19. The van der Waals surface area contributed by atoms with Gasteiger partial charge in [0, 0.05) is 30.1 Å². The first-order valence-electron chi connectivity index (χ1n) is 12.6. The number of hydrogen-bond donors (Lipinski definition) is 0. The Morgan fingerprint density at radius 3 is 2.74 bits per heavy atom. The van der Waals surface area contributed by atoms with Gasteiger partial charge in [-0.15, -0.1) is 0 Å². The molecule has 1 aromatic rings. The molecule has 0 saturated carbocycles. The number of alkyl halides is 1. The predicted octanol–water partition coefficient (Wildman–Crippen LogP) is 4.66. The number of methoxy groups -OCH3 is 2. The molecule has 0 aliphatic carbocycles. The van der Waals surface area contributed by atoms with Gasteiger partial charge in [0.1, 0.15) is 0 Å². The Balaban J connectivity index is 1.69. The molecule has 4 atom stereocenters. The average molecular weight is 534 g/mol. The summed E-state index contributed by atoms with van der Waals surface area (Å²) in [5, 5.41) is 0.996. The van der Waals surface area contributed by atoms with Crippen molar-refractivity contribution in [3.8, 4) is 0 Å². The second kappa shape index (κ2) is 10.8. The number of fused-ring (bicyclic) bond motifs is 4. The molecule has 2 fully saturated rings. The van der Waals surface area contributed by atoms with Crippen molar-refractivity contribution in [2.45, 2.75) is 56.9 Å². The summed E-state index contributed by atoms with van der Waals surface area (Å²) < 4.78 is 10.4. The van der Waals surface area contributed by atoms with Crippen LogP contribution in [0.3, 0.4) is 0 Å². The third-order valence-corrected chi connectivity index (χ3v) is 8.79. The maximum Gasteiger partial charge on any atom is 0.337 e. The molecule has 186 valence electrons. The van der Waals surface area contributed by atoms with E-state index in [4.69, 9.17) is 9.47 Å². The Bertz CT molecular complexity index is 935. The Labute approximate surface area is 211 Å². The monoisotopic (exact) mass is 532 g/mol. The van der Waals surface area contributed by atoms with Crippen LogP contribution >= 0.6 is 15.9 Å². The van der Waals surface area contributed by atoms with Crippen LogP contribution in [0.15, 0.2) is 36.1 Å². The van der Waals surface area contributed by atoms with Crippen molar-refractivity contribution >= 4 is 33.5 Å². The molecular formula is C27H37BrN2O4. The van der Waals surface area contributed by atoms with Gasteiger partial charge >= 0.3 is 5.97 Å². The van der Waals surface area contributed by atoms with Gasteiger partial charge in [-0.25, -0.2) is 4.79 Å². The molecule has 0 N–H and O–H groups in total. The van der Waals surface area contributed by atoms with Crippen LogP contribution in [-0.2, 0) is 24.5 Å². The van der Waals surface area contributed by atoms with Crippen LogP contribution in [-0.4, -0.2) is 62.0 Å². The number of esters is 1. The highest BCUT2D eigenvalue weighted by Gasteiger charge is 2.61. The zero-order valence-corrected chi connectivity index (χ0v) is 22.2. The number of amides is 1. The molecule has 0 bridgehead atoms. The lowest BCUT2D eigenvalue weighted by Gasteiger charge is -2.45. The molecule has 4 rings (SSSR count). The van der Waals surface area contributed by atoms with Crippen LogP contribution in [0.2, 0.25) is 0 Å². The van der Waals surface area contributed by atoms with Gasteiger partial charge in [0.2, 0.25) is 5.91 Å². The molecule has 1 unspecified atom stereocenters. The van der Waals surface area contributed by atoms with Crippen molar-refractivity contribution in [2.75, 3.05) is 44.1 Å². The van der Waals surface area contributed by atoms with E-state index >= 15 is 0 Å². The zero-order valence-electron chi connectivity index (χ0n) is 20.6. The molecular weight excluding hydrogens is 496 g/mol. The maximum atomic E-state index is 14.2. The van der Waals surface area contributed by atoms with Gasteiger partial charge in [0.15, 0.2) is 0 Å². The van der Waals surface area contributed by atoms with Crippen LogP contribution < -0.4 is 4.90 Å². The molecule has 1 spiro atoms. The van der Waals surface area contributed by atoms with Gasteiger partial charge in [0.05, 0.1) is 31.5 Å². The quantitative estimate of drug-likeness (QED) is 0.152. The number of halogens is 1. The summed E-state index contributed by atoms with van der Waals surface area (Å²) in [4.78, 5) is 31.4. The van der Waals surface area contributed by atoms with Gasteiger partial charge < -0.3 is 14.4 Å². The summed E-state index contributed by atoms with van der Waals surface area (Å²) in [6.45, 7) is 4.73. The average Bonchev–Trinajstić information content (AvgIpc) is 3.35. The minimum absolute atomic E-state index is 0.00145. The Morgan fingerprint density at radius 1 is 1.24 bits per heavy atom. The molecule has 3 aliphatic heterocycles. The second-order valence-electron chi connectivity index (χ2n) is 9.77. The fourth-order valence-corrected chi connectivity index (χ4v) is 6.99. The largest absolute Gasteiger partial charge is 0.504 e. The van der Waals surface area contributed by atoms with Crippen LogP contribution in [0, 0.1) is 11.8 Å². The molecule has 1 amide bonds. The summed E-state index contributed by atoms with van der Waals surface area (Å²) in [6, 6.07) is 8.42. The molecule has 7 heteroatoms. The van der Waals surface area contributed by atoms with Crippen molar-refractivity contribution in [3.63, 3.8) is 0 Å². The number of nitrogens with zero attached hydrogens (tertiary/aromatic N) is 2. The Morgan fingerprint density at radius 2 is 2.03 bits per heavy atom. The van der Waals surface area contributed by atoms with Crippen LogP contribution in [0.5, 0.6) is 0 Å². The van der Waals surface area contributed by atoms with Crippen LogP contribution in [0.4, 0.5) is 5.69 Å². The molecule has 34 heavy (non-hydrogen) atoms. The fraction of sp³-hybridized carbons (Fsp3) is 0.630. The summed E-state index contributed by atoms with van der Waals surface area (Å²) in [6.07, 6.45) is 7.31. The van der Waals surface area contributed by atoms with Crippen molar-refractivity contribution in [3.05, 3.63) is 41.7 Å². The first kappa shape index (κ1) is 25.2. The van der Waals surface area contributed by atoms with E-state index in [0.29, 0.717) is 11.5 Å². The maximum absolute atomic E-state index is 14.2. The topological polar surface area (TPSA) is 59.1 Å². The van der Waals surface area contributed by atoms with Gasteiger partial charge in [-0.05, 0) is 55.7 Å². The number of unbranched alkanes of at least 4 members (excludes halogenated alkanes) is 2. The summed E-state index contributed by atoms with van der Waals surface area (Å²) in [7, 11) is 2.99. The number of para-hydroxylation sites is 1. The van der Waals surface area contributed by atoms with Gasteiger partial charge in [-0.3, -0.25) is 9.69 Å². The molecule has 1 aromatic carbocycles. The fourth-order valence-electron chi connectivity index (χ4n) is 6.59. The van der Waals surface area contributed by atoms with Gasteiger partial charge in [-0.2, -0.15) is 0 Å². The number of benzene rings is 1. The van der Waals surface area contributed by atoms with Gasteiger partial charge in [0.25, 0.3) is 0 Å². The molecule has 0 aromatic heterocycles. The summed E-state index contributed by atoms with van der Waals surface area (Å²) in [5.74, 6) is 0.224. The highest BCUT2D eigenvalue weighted by molar-refractivity contribution is 9.09. The number of hydrogen-bond acceptors (Lipinski definition) is 5. The smallest absolute Gasteiger partial charge is 0.337 e. The van der Waals surface area contributed by atoms with E-state index in [1.54, 1.807) is 13.4 Å². The summed E-state index contributed by atoms with van der Waals surface area (Å²) >= 11 is 3.51. The molecule has 3 heterocycles. The van der Waals surface area contributed by atoms with Crippen LogP contribution in [0.25, 0.3) is 0 Å². The number of piperidine rings is 1. The molecule has 6 nitrogen and oxygen atoms in total.